The fourth-order valence-electron chi connectivity index (χ4n) is 2.50. The summed E-state index contributed by atoms with van der Waals surface area (Å²) in [6.45, 7) is 0.0647. The van der Waals surface area contributed by atoms with Crippen LogP contribution < -0.4 is 14.8 Å². The molecule has 0 aromatic heterocycles. The van der Waals surface area contributed by atoms with Crippen LogP contribution >= 0.6 is 0 Å². The molecule has 0 unspecified atom stereocenters. The van der Waals surface area contributed by atoms with Gasteiger partial charge in [-0.3, -0.25) is 9.59 Å². The van der Waals surface area contributed by atoms with Crippen molar-refractivity contribution in [3.05, 3.63) is 35.9 Å². The summed E-state index contributed by atoms with van der Waals surface area (Å²) in [5.74, 6) is 0.461. The summed E-state index contributed by atoms with van der Waals surface area (Å²) in [5.41, 5.74) is 0.866. The molecule has 0 radical (unpaired) electrons. The fraction of sp³-hybridized carbons (Fsp3) is 0.444. The third kappa shape index (κ3) is 5.01. The topological polar surface area (TPSA) is 73.9 Å². The molecule has 0 spiro atoms. The van der Waals surface area contributed by atoms with Crippen molar-refractivity contribution in [2.45, 2.75) is 25.8 Å². The average molecular weight is 333 g/mol. The highest BCUT2D eigenvalue weighted by Gasteiger charge is 2.20. The van der Waals surface area contributed by atoms with Gasteiger partial charge in [-0.05, 0) is 37.0 Å². The van der Waals surface area contributed by atoms with Crippen LogP contribution in [0, 0.1) is 5.92 Å². The number of hydrogen-bond acceptors (Lipinski definition) is 5. The Morgan fingerprint density at radius 3 is 2.62 bits per heavy atom. The Balaban J connectivity index is 1.76. The zero-order valence-electron chi connectivity index (χ0n) is 14.0. The van der Waals surface area contributed by atoms with Crippen LogP contribution in [0.15, 0.2) is 30.4 Å². The molecule has 0 saturated carbocycles. The summed E-state index contributed by atoms with van der Waals surface area (Å²) < 4.78 is 15.5. The lowest BCUT2D eigenvalue weighted by Crippen LogP contribution is -2.30. The van der Waals surface area contributed by atoms with Crippen LogP contribution in [-0.4, -0.2) is 32.7 Å². The second kappa shape index (κ2) is 8.96. The molecule has 1 amide bonds. The summed E-state index contributed by atoms with van der Waals surface area (Å²) in [6.07, 6.45) is 6.38. The van der Waals surface area contributed by atoms with E-state index in [1.807, 2.05) is 12.1 Å². The van der Waals surface area contributed by atoms with Crippen LogP contribution in [0.3, 0.4) is 0 Å². The predicted octanol–water partition coefficient (Wildman–Crippen LogP) is 2.22. The van der Waals surface area contributed by atoms with E-state index in [1.165, 1.54) is 0 Å². The molecule has 24 heavy (non-hydrogen) atoms. The number of ether oxygens (including phenoxy) is 3. The van der Waals surface area contributed by atoms with E-state index in [-0.39, 0.29) is 24.4 Å². The Morgan fingerprint density at radius 2 is 1.96 bits per heavy atom. The quantitative estimate of drug-likeness (QED) is 0.612. The number of nitrogens with one attached hydrogen (secondary N) is 1. The fourth-order valence-corrected chi connectivity index (χ4v) is 2.50. The van der Waals surface area contributed by atoms with Gasteiger partial charge < -0.3 is 19.5 Å². The number of hydrogen-bond donors (Lipinski definition) is 1. The molecule has 0 heterocycles. The molecule has 1 aromatic carbocycles. The molecule has 1 aliphatic carbocycles. The molecule has 2 rings (SSSR count). The van der Waals surface area contributed by atoms with Gasteiger partial charge in [-0.2, -0.15) is 0 Å². The molecule has 6 heteroatoms. The molecule has 6 nitrogen and oxygen atoms in total. The van der Waals surface area contributed by atoms with Gasteiger partial charge >= 0.3 is 5.97 Å². The van der Waals surface area contributed by atoms with Gasteiger partial charge in [0.15, 0.2) is 18.1 Å². The summed E-state index contributed by atoms with van der Waals surface area (Å²) in [4.78, 5) is 23.7. The van der Waals surface area contributed by atoms with Crippen LogP contribution in [0.1, 0.15) is 24.8 Å². The first-order valence-corrected chi connectivity index (χ1v) is 7.93. The third-order valence-electron chi connectivity index (χ3n) is 3.89. The molecule has 130 valence electrons. The maximum Gasteiger partial charge on any atom is 0.309 e. The van der Waals surface area contributed by atoms with Crippen molar-refractivity contribution in [1.82, 2.24) is 5.32 Å². The molecule has 1 N–H and O–H groups in total. The lowest BCUT2D eigenvalue weighted by Gasteiger charge is -2.16. The zero-order valence-corrected chi connectivity index (χ0v) is 14.0. The Hall–Kier alpha value is -2.50. The summed E-state index contributed by atoms with van der Waals surface area (Å²) in [7, 11) is 3.12. The van der Waals surface area contributed by atoms with E-state index >= 15 is 0 Å². The minimum atomic E-state index is -0.329. The summed E-state index contributed by atoms with van der Waals surface area (Å²) in [6, 6.07) is 5.40. The van der Waals surface area contributed by atoms with Gasteiger partial charge in [-0.15, -0.1) is 0 Å². The van der Waals surface area contributed by atoms with Crippen molar-refractivity contribution in [3.8, 4) is 11.5 Å². The first kappa shape index (κ1) is 17.8. The van der Waals surface area contributed by atoms with Gasteiger partial charge in [0.2, 0.25) is 0 Å². The Bertz CT molecular complexity index is 611. The third-order valence-corrected chi connectivity index (χ3v) is 3.89. The molecule has 0 bridgehead atoms. The summed E-state index contributed by atoms with van der Waals surface area (Å²) >= 11 is 0. The van der Waals surface area contributed by atoms with Crippen molar-refractivity contribution >= 4 is 11.9 Å². The number of carbonyl (C=O) groups excluding carboxylic acids is 2. The number of amides is 1. The molecule has 0 aliphatic heterocycles. The standard InChI is InChI=1S/C18H23NO5/c1-22-15-9-8-13(10-16(15)23-2)11-19-17(20)12-24-18(21)14-6-4-3-5-7-14/h3-4,8-10,14H,5-7,11-12H2,1-2H3,(H,19,20)/t14-/m1/s1. The lowest BCUT2D eigenvalue weighted by molar-refractivity contribution is -0.152. The molecule has 1 atom stereocenters. The second-order valence-electron chi connectivity index (χ2n) is 5.56. The van der Waals surface area contributed by atoms with E-state index in [9.17, 15) is 9.59 Å². The normalized spacial score (nSPS) is 16.3. The van der Waals surface area contributed by atoms with E-state index in [4.69, 9.17) is 14.2 Å². The van der Waals surface area contributed by atoms with E-state index in [0.717, 1.165) is 18.4 Å². The largest absolute Gasteiger partial charge is 0.493 e. The molecular weight excluding hydrogens is 310 g/mol. The summed E-state index contributed by atoms with van der Waals surface area (Å²) in [5, 5.41) is 2.72. The molecule has 0 fully saturated rings. The van der Waals surface area contributed by atoms with Crippen molar-refractivity contribution in [2.75, 3.05) is 20.8 Å². The van der Waals surface area contributed by atoms with Gasteiger partial charge in [0, 0.05) is 6.54 Å². The van der Waals surface area contributed by atoms with Crippen LogP contribution in [0.25, 0.3) is 0 Å². The van der Waals surface area contributed by atoms with Crippen LogP contribution in [-0.2, 0) is 20.9 Å². The number of rotatable bonds is 7. The van der Waals surface area contributed by atoms with Crippen LogP contribution in [0.2, 0.25) is 0 Å². The predicted molar refractivity (Wildman–Crippen MR) is 88.8 cm³/mol. The van der Waals surface area contributed by atoms with E-state index in [0.29, 0.717) is 24.5 Å². The van der Waals surface area contributed by atoms with Crippen molar-refractivity contribution in [1.29, 1.82) is 0 Å². The Kier molecular flexibility index (Phi) is 6.66. The molecule has 0 saturated heterocycles. The van der Waals surface area contributed by atoms with Crippen molar-refractivity contribution in [2.24, 2.45) is 5.92 Å². The molecule has 1 aliphatic rings. The highest BCUT2D eigenvalue weighted by molar-refractivity contribution is 5.81. The number of esters is 1. The van der Waals surface area contributed by atoms with Gasteiger partial charge in [0.05, 0.1) is 20.1 Å². The molecule has 1 aromatic rings. The SMILES string of the molecule is COc1ccc(CNC(=O)COC(=O)[C@@H]2CC=CCC2)cc1OC. The van der Waals surface area contributed by atoms with E-state index in [1.54, 1.807) is 26.4 Å². The van der Waals surface area contributed by atoms with Gasteiger partial charge in [-0.25, -0.2) is 0 Å². The molecular formula is C18H23NO5. The Labute approximate surface area is 141 Å². The van der Waals surface area contributed by atoms with E-state index < -0.39 is 0 Å². The maximum absolute atomic E-state index is 11.9. The number of carbonyl (C=O) groups is 2. The van der Waals surface area contributed by atoms with Crippen LogP contribution in [0.5, 0.6) is 11.5 Å². The Morgan fingerprint density at radius 1 is 1.17 bits per heavy atom. The van der Waals surface area contributed by atoms with Gasteiger partial charge in [0.25, 0.3) is 5.91 Å². The highest BCUT2D eigenvalue weighted by Crippen LogP contribution is 2.27. The lowest BCUT2D eigenvalue weighted by atomic mass is 9.95. The zero-order chi connectivity index (χ0) is 17.4. The minimum Gasteiger partial charge on any atom is -0.493 e. The minimum absolute atomic E-state index is 0.131. The second-order valence-corrected chi connectivity index (χ2v) is 5.56. The van der Waals surface area contributed by atoms with E-state index in [2.05, 4.69) is 11.4 Å². The van der Waals surface area contributed by atoms with Gasteiger partial charge in [0.1, 0.15) is 0 Å². The monoisotopic (exact) mass is 333 g/mol. The number of allylic oxidation sites excluding steroid dienone is 2. The number of methoxy groups -OCH3 is 2. The van der Waals surface area contributed by atoms with Crippen molar-refractivity contribution < 1.29 is 23.8 Å². The highest BCUT2D eigenvalue weighted by atomic mass is 16.5. The smallest absolute Gasteiger partial charge is 0.309 e. The van der Waals surface area contributed by atoms with Gasteiger partial charge in [-0.1, -0.05) is 18.2 Å². The first-order valence-electron chi connectivity index (χ1n) is 7.93. The average Bonchev–Trinajstić information content (AvgIpc) is 2.64. The van der Waals surface area contributed by atoms with Crippen LogP contribution in [0.4, 0.5) is 0 Å². The van der Waals surface area contributed by atoms with Crippen molar-refractivity contribution in [3.63, 3.8) is 0 Å². The first-order chi connectivity index (χ1) is 11.6. The maximum atomic E-state index is 11.9. The number of benzene rings is 1.